The van der Waals surface area contributed by atoms with Crippen molar-refractivity contribution >= 4 is 45.1 Å². The largest absolute Gasteiger partial charge is 0.465 e. The maximum Gasteiger partial charge on any atom is 0.348 e. The van der Waals surface area contributed by atoms with Crippen LogP contribution in [0.25, 0.3) is 10.2 Å². The van der Waals surface area contributed by atoms with E-state index in [4.69, 9.17) is 21.1 Å². The standard InChI is InChI=1S/C13H14ClN3O3S/c1-7-8-10(14)15-13(17-3-5-20-6-4-17)16-11(8)21-9(7)12(18)19-2/h3-6H2,1-2H3. The first-order valence-electron chi connectivity index (χ1n) is 6.49. The molecule has 112 valence electrons. The Hall–Kier alpha value is -1.44. The highest BCUT2D eigenvalue weighted by Gasteiger charge is 2.22. The number of thiophene rings is 1. The molecule has 1 aliphatic heterocycles. The van der Waals surface area contributed by atoms with Crippen molar-refractivity contribution in [3.63, 3.8) is 0 Å². The monoisotopic (exact) mass is 327 g/mol. The number of methoxy groups -OCH3 is 1. The fourth-order valence-electron chi connectivity index (χ4n) is 2.27. The Morgan fingerprint density at radius 1 is 1.38 bits per heavy atom. The minimum Gasteiger partial charge on any atom is -0.465 e. The van der Waals surface area contributed by atoms with E-state index in [9.17, 15) is 4.79 Å². The first kappa shape index (κ1) is 14.5. The smallest absolute Gasteiger partial charge is 0.348 e. The Kier molecular flexibility index (Phi) is 3.97. The molecule has 6 nitrogen and oxygen atoms in total. The third-order valence-corrected chi connectivity index (χ3v) is 4.84. The number of aryl methyl sites for hydroxylation is 1. The van der Waals surface area contributed by atoms with Crippen LogP contribution in [0.3, 0.4) is 0 Å². The van der Waals surface area contributed by atoms with E-state index in [1.54, 1.807) is 0 Å². The minimum absolute atomic E-state index is 0.366. The third-order valence-electron chi connectivity index (χ3n) is 3.40. The van der Waals surface area contributed by atoms with Crippen LogP contribution in [-0.2, 0) is 9.47 Å². The van der Waals surface area contributed by atoms with Gasteiger partial charge in [0.1, 0.15) is 14.9 Å². The molecule has 0 aliphatic carbocycles. The summed E-state index contributed by atoms with van der Waals surface area (Å²) in [6.45, 7) is 4.59. The zero-order valence-electron chi connectivity index (χ0n) is 11.7. The molecular weight excluding hydrogens is 314 g/mol. The Morgan fingerprint density at radius 2 is 2.10 bits per heavy atom. The average molecular weight is 328 g/mol. The van der Waals surface area contributed by atoms with E-state index in [1.165, 1.54) is 18.4 Å². The van der Waals surface area contributed by atoms with E-state index in [0.717, 1.165) is 24.0 Å². The van der Waals surface area contributed by atoms with Crippen LogP contribution in [0.5, 0.6) is 0 Å². The second-order valence-electron chi connectivity index (χ2n) is 4.64. The molecule has 0 unspecified atom stereocenters. The van der Waals surface area contributed by atoms with Crippen LogP contribution >= 0.6 is 22.9 Å². The van der Waals surface area contributed by atoms with Gasteiger partial charge in [-0.05, 0) is 12.5 Å². The van der Waals surface area contributed by atoms with Crippen molar-refractivity contribution < 1.29 is 14.3 Å². The number of morpholine rings is 1. The Balaban J connectivity index is 2.09. The number of fused-ring (bicyclic) bond motifs is 1. The van der Waals surface area contributed by atoms with Gasteiger partial charge in [-0.2, -0.15) is 0 Å². The molecule has 0 radical (unpaired) electrons. The van der Waals surface area contributed by atoms with Crippen molar-refractivity contribution in [3.05, 3.63) is 15.6 Å². The number of hydrogen-bond donors (Lipinski definition) is 0. The second-order valence-corrected chi connectivity index (χ2v) is 6.00. The van der Waals surface area contributed by atoms with Crippen LogP contribution < -0.4 is 4.90 Å². The number of halogens is 1. The van der Waals surface area contributed by atoms with Gasteiger partial charge in [0.25, 0.3) is 0 Å². The molecule has 3 rings (SSSR count). The van der Waals surface area contributed by atoms with Crippen LogP contribution in [0.4, 0.5) is 5.95 Å². The highest BCUT2D eigenvalue weighted by Crippen LogP contribution is 2.35. The third kappa shape index (κ3) is 2.56. The summed E-state index contributed by atoms with van der Waals surface area (Å²) in [4.78, 5) is 23.9. The molecule has 0 aromatic carbocycles. The molecule has 0 amide bonds. The molecule has 21 heavy (non-hydrogen) atoms. The number of nitrogens with zero attached hydrogens (tertiary/aromatic N) is 3. The topological polar surface area (TPSA) is 64.5 Å². The van der Waals surface area contributed by atoms with Crippen LogP contribution in [0.15, 0.2) is 0 Å². The normalized spacial score (nSPS) is 15.5. The zero-order chi connectivity index (χ0) is 15.0. The van der Waals surface area contributed by atoms with Crippen LogP contribution in [0.2, 0.25) is 5.15 Å². The quantitative estimate of drug-likeness (QED) is 0.623. The first-order chi connectivity index (χ1) is 10.1. The number of anilines is 1. The van der Waals surface area contributed by atoms with E-state index < -0.39 is 0 Å². The lowest BCUT2D eigenvalue weighted by atomic mass is 10.2. The van der Waals surface area contributed by atoms with Gasteiger partial charge in [0.15, 0.2) is 0 Å². The van der Waals surface area contributed by atoms with Gasteiger partial charge in [0, 0.05) is 13.1 Å². The minimum atomic E-state index is -0.375. The number of aromatic nitrogens is 2. The lowest BCUT2D eigenvalue weighted by molar-refractivity contribution is 0.0605. The van der Waals surface area contributed by atoms with E-state index >= 15 is 0 Å². The summed E-state index contributed by atoms with van der Waals surface area (Å²) in [5.74, 6) is 0.202. The molecule has 1 aliphatic rings. The highest BCUT2D eigenvalue weighted by atomic mass is 35.5. The van der Waals surface area contributed by atoms with Gasteiger partial charge in [-0.1, -0.05) is 11.6 Å². The van der Waals surface area contributed by atoms with E-state index in [-0.39, 0.29) is 5.97 Å². The highest BCUT2D eigenvalue weighted by molar-refractivity contribution is 7.20. The Morgan fingerprint density at radius 3 is 2.76 bits per heavy atom. The van der Waals surface area contributed by atoms with Crippen LogP contribution in [-0.4, -0.2) is 49.4 Å². The molecule has 0 saturated carbocycles. The van der Waals surface area contributed by atoms with Crippen molar-refractivity contribution in [2.24, 2.45) is 0 Å². The molecule has 0 bridgehead atoms. The van der Waals surface area contributed by atoms with E-state index in [2.05, 4.69) is 9.97 Å². The Labute approximate surface area is 130 Å². The van der Waals surface area contributed by atoms with Gasteiger partial charge in [-0.15, -0.1) is 11.3 Å². The number of esters is 1. The number of rotatable bonds is 2. The van der Waals surface area contributed by atoms with Gasteiger partial charge in [0.05, 0.1) is 25.7 Å². The van der Waals surface area contributed by atoms with Gasteiger partial charge < -0.3 is 14.4 Å². The molecule has 2 aromatic heterocycles. The van der Waals surface area contributed by atoms with Crippen LogP contribution in [0, 0.1) is 6.92 Å². The summed E-state index contributed by atoms with van der Waals surface area (Å²) >= 11 is 7.57. The maximum absolute atomic E-state index is 11.8. The summed E-state index contributed by atoms with van der Waals surface area (Å²) in [6, 6.07) is 0. The molecular formula is C13H14ClN3O3S. The van der Waals surface area contributed by atoms with Crippen molar-refractivity contribution in [1.29, 1.82) is 0 Å². The lowest BCUT2D eigenvalue weighted by Gasteiger charge is -2.26. The van der Waals surface area contributed by atoms with Gasteiger partial charge in [0.2, 0.25) is 5.95 Å². The molecule has 2 aromatic rings. The molecule has 1 saturated heterocycles. The summed E-state index contributed by atoms with van der Waals surface area (Å²) in [5, 5.41) is 1.09. The molecule has 3 heterocycles. The van der Waals surface area contributed by atoms with Gasteiger partial charge >= 0.3 is 5.97 Å². The molecule has 0 atom stereocenters. The zero-order valence-corrected chi connectivity index (χ0v) is 13.3. The van der Waals surface area contributed by atoms with Crippen molar-refractivity contribution in [2.45, 2.75) is 6.92 Å². The summed E-state index contributed by atoms with van der Waals surface area (Å²) in [6.07, 6.45) is 0. The predicted octanol–water partition coefficient (Wildman–Crippen LogP) is 2.28. The average Bonchev–Trinajstić information content (AvgIpc) is 2.85. The fourth-order valence-corrected chi connectivity index (χ4v) is 3.73. The first-order valence-corrected chi connectivity index (χ1v) is 7.69. The number of carbonyl (C=O) groups is 1. The lowest BCUT2D eigenvalue weighted by Crippen LogP contribution is -2.37. The van der Waals surface area contributed by atoms with Gasteiger partial charge in [-0.25, -0.2) is 14.8 Å². The molecule has 1 fully saturated rings. The van der Waals surface area contributed by atoms with Crippen molar-refractivity contribution in [2.75, 3.05) is 38.3 Å². The van der Waals surface area contributed by atoms with Crippen molar-refractivity contribution in [1.82, 2.24) is 9.97 Å². The van der Waals surface area contributed by atoms with Crippen LogP contribution in [0.1, 0.15) is 15.2 Å². The fraction of sp³-hybridized carbons (Fsp3) is 0.462. The summed E-state index contributed by atoms with van der Waals surface area (Å²) in [7, 11) is 1.36. The molecule has 0 N–H and O–H groups in total. The predicted molar refractivity (Wildman–Crippen MR) is 81.5 cm³/mol. The number of hydrogen-bond acceptors (Lipinski definition) is 7. The SMILES string of the molecule is COC(=O)c1sc2nc(N3CCOCC3)nc(Cl)c2c1C. The van der Waals surface area contributed by atoms with Gasteiger partial charge in [-0.3, -0.25) is 0 Å². The molecule has 8 heteroatoms. The molecule has 0 spiro atoms. The number of carbonyl (C=O) groups excluding carboxylic acids is 1. The maximum atomic E-state index is 11.8. The summed E-state index contributed by atoms with van der Waals surface area (Å²) < 4.78 is 10.1. The van der Waals surface area contributed by atoms with E-state index in [0.29, 0.717) is 34.0 Å². The van der Waals surface area contributed by atoms with E-state index in [1.807, 2.05) is 11.8 Å². The summed E-state index contributed by atoms with van der Waals surface area (Å²) in [5.41, 5.74) is 0.764. The van der Waals surface area contributed by atoms with Crippen molar-refractivity contribution in [3.8, 4) is 0 Å². The second kappa shape index (κ2) is 5.75. The number of ether oxygens (including phenoxy) is 2. The Bertz CT molecular complexity index is 698.